The molecule has 0 aliphatic heterocycles. The Kier molecular flexibility index (Phi) is 8.53. The molecule has 0 unspecified atom stereocenters. The van der Waals surface area contributed by atoms with Crippen LogP contribution in [0, 0.1) is 0 Å². The van der Waals surface area contributed by atoms with Crippen LogP contribution in [0.3, 0.4) is 0 Å². The zero-order valence-electron chi connectivity index (χ0n) is 17.8. The van der Waals surface area contributed by atoms with Crippen LogP contribution >= 0.6 is 23.1 Å². The first-order valence-electron chi connectivity index (χ1n) is 9.77. The number of likely N-dealkylation sites (N-methyl/N-ethyl adjacent to an activating group) is 1. The van der Waals surface area contributed by atoms with E-state index in [1.807, 2.05) is 49.3 Å². The minimum atomic E-state index is -4.73. The van der Waals surface area contributed by atoms with E-state index in [4.69, 9.17) is 0 Å². The maximum atomic E-state index is 12.3. The summed E-state index contributed by atoms with van der Waals surface area (Å²) >= 11 is 2.50. The van der Waals surface area contributed by atoms with Crippen LogP contribution in [0.15, 0.2) is 58.9 Å². The lowest BCUT2D eigenvalue weighted by atomic mass is 10.1. The molecule has 1 amide bonds. The first-order chi connectivity index (χ1) is 15.7. The van der Waals surface area contributed by atoms with Crippen LogP contribution < -0.4 is 15.4 Å². The van der Waals surface area contributed by atoms with Crippen LogP contribution in [-0.2, 0) is 4.79 Å². The average molecular weight is 498 g/mol. The van der Waals surface area contributed by atoms with E-state index in [0.29, 0.717) is 21.7 Å². The summed E-state index contributed by atoms with van der Waals surface area (Å²) in [5.41, 5.74) is 1.65. The summed E-state index contributed by atoms with van der Waals surface area (Å²) in [7, 11) is 3.93. The number of aromatic nitrogens is 2. The Hall–Kier alpha value is -2.83. The number of alkyl halides is 3. The first kappa shape index (κ1) is 24.8. The number of thioether (sulfide) groups is 1. The zero-order chi connectivity index (χ0) is 23.8. The number of nitrogens with zero attached hydrogens (tertiary/aromatic N) is 3. The average Bonchev–Trinajstić information content (AvgIpc) is 3.20. The summed E-state index contributed by atoms with van der Waals surface area (Å²) in [6.07, 6.45) is -4.73. The second-order valence-electron chi connectivity index (χ2n) is 7.05. The van der Waals surface area contributed by atoms with Gasteiger partial charge in [0.2, 0.25) is 11.0 Å². The Labute approximate surface area is 197 Å². The normalized spacial score (nSPS) is 12.4. The van der Waals surface area contributed by atoms with Gasteiger partial charge in [-0.2, -0.15) is 0 Å². The van der Waals surface area contributed by atoms with Crippen LogP contribution in [0.1, 0.15) is 11.6 Å². The molecule has 0 aliphatic carbocycles. The standard InChI is InChI=1S/C21H22F3N5O2S2/c1-29(2)17(14-6-4-3-5-7-14)12-25-18(30)13-32-20-28-27-19(33-20)26-15-8-10-16(11-9-15)31-21(22,23)24/h3-11,17H,12-13H2,1-2H3,(H,25,30)(H,26,27)/t17-/m0/s1. The highest BCUT2D eigenvalue weighted by Gasteiger charge is 2.31. The maximum absolute atomic E-state index is 12.3. The van der Waals surface area contributed by atoms with Gasteiger partial charge in [-0.1, -0.05) is 53.4 Å². The Morgan fingerprint density at radius 2 is 1.82 bits per heavy atom. The van der Waals surface area contributed by atoms with Crippen LogP contribution in [0.5, 0.6) is 5.75 Å². The van der Waals surface area contributed by atoms with Gasteiger partial charge in [-0.25, -0.2) is 0 Å². The van der Waals surface area contributed by atoms with Crippen molar-refractivity contribution in [1.29, 1.82) is 0 Å². The summed E-state index contributed by atoms with van der Waals surface area (Å²) in [4.78, 5) is 14.4. The highest BCUT2D eigenvalue weighted by atomic mass is 32.2. The van der Waals surface area contributed by atoms with Crippen molar-refractivity contribution in [2.24, 2.45) is 0 Å². The Bertz CT molecular complexity index is 1030. The lowest BCUT2D eigenvalue weighted by Crippen LogP contribution is -2.35. The van der Waals surface area contributed by atoms with Crippen molar-refractivity contribution in [1.82, 2.24) is 20.4 Å². The number of anilines is 2. The quantitative estimate of drug-likeness (QED) is 0.394. The molecule has 0 bridgehead atoms. The van der Waals surface area contributed by atoms with Gasteiger partial charge in [0, 0.05) is 12.2 Å². The van der Waals surface area contributed by atoms with Crippen molar-refractivity contribution in [3.05, 3.63) is 60.2 Å². The largest absolute Gasteiger partial charge is 0.573 e. The number of hydrogen-bond donors (Lipinski definition) is 2. The van der Waals surface area contributed by atoms with Gasteiger partial charge < -0.3 is 20.3 Å². The predicted octanol–water partition coefficient (Wildman–Crippen LogP) is 4.69. The van der Waals surface area contributed by atoms with Gasteiger partial charge in [0.25, 0.3) is 0 Å². The lowest BCUT2D eigenvalue weighted by Gasteiger charge is -2.25. The van der Waals surface area contributed by atoms with Gasteiger partial charge in [0.05, 0.1) is 11.8 Å². The summed E-state index contributed by atoms with van der Waals surface area (Å²) < 4.78 is 41.1. The van der Waals surface area contributed by atoms with E-state index in [9.17, 15) is 18.0 Å². The molecule has 2 N–H and O–H groups in total. The van der Waals surface area contributed by atoms with Crippen LogP contribution in [0.25, 0.3) is 0 Å². The van der Waals surface area contributed by atoms with Crippen molar-refractivity contribution >= 4 is 39.8 Å². The van der Waals surface area contributed by atoms with E-state index < -0.39 is 6.36 Å². The van der Waals surface area contributed by atoms with E-state index in [0.717, 1.165) is 5.56 Å². The highest BCUT2D eigenvalue weighted by molar-refractivity contribution is 8.01. The molecular formula is C21H22F3N5O2S2. The van der Waals surface area contributed by atoms with Crippen molar-refractivity contribution in [3.63, 3.8) is 0 Å². The number of carbonyl (C=O) groups excluding carboxylic acids is 1. The van der Waals surface area contributed by atoms with Crippen LogP contribution in [-0.4, -0.2) is 53.8 Å². The van der Waals surface area contributed by atoms with E-state index in [2.05, 4.69) is 25.6 Å². The third-order valence-electron chi connectivity index (χ3n) is 4.37. The summed E-state index contributed by atoms with van der Waals surface area (Å²) in [5.74, 6) is -0.239. The third kappa shape index (κ3) is 8.22. The fourth-order valence-corrected chi connectivity index (χ4v) is 4.45. The predicted molar refractivity (Wildman–Crippen MR) is 123 cm³/mol. The van der Waals surface area contributed by atoms with E-state index >= 15 is 0 Å². The molecule has 0 aliphatic rings. The summed E-state index contributed by atoms with van der Waals surface area (Å²) in [6.45, 7) is 0.480. The molecule has 0 saturated heterocycles. The monoisotopic (exact) mass is 497 g/mol. The number of rotatable bonds is 10. The van der Waals surface area contributed by atoms with Gasteiger partial charge in [-0.15, -0.1) is 23.4 Å². The molecule has 3 rings (SSSR count). The number of ether oxygens (including phenoxy) is 1. The zero-order valence-corrected chi connectivity index (χ0v) is 19.4. The fourth-order valence-electron chi connectivity index (χ4n) is 2.84. The summed E-state index contributed by atoms with van der Waals surface area (Å²) in [6, 6.07) is 15.3. The molecule has 33 heavy (non-hydrogen) atoms. The highest BCUT2D eigenvalue weighted by Crippen LogP contribution is 2.29. The molecule has 0 fully saturated rings. The van der Waals surface area contributed by atoms with Crippen LogP contribution in [0.4, 0.5) is 24.0 Å². The number of carbonyl (C=O) groups is 1. The number of amides is 1. The third-order valence-corrected chi connectivity index (χ3v) is 6.34. The number of nitrogens with one attached hydrogen (secondary N) is 2. The lowest BCUT2D eigenvalue weighted by molar-refractivity contribution is -0.274. The molecule has 1 atom stereocenters. The second-order valence-corrected chi connectivity index (χ2v) is 9.25. The van der Waals surface area contributed by atoms with E-state index in [1.165, 1.54) is 47.4 Å². The maximum Gasteiger partial charge on any atom is 0.573 e. The van der Waals surface area contributed by atoms with Gasteiger partial charge in [0.1, 0.15) is 5.75 Å². The minimum absolute atomic E-state index is 0.0606. The van der Waals surface area contributed by atoms with Gasteiger partial charge in [-0.3, -0.25) is 4.79 Å². The van der Waals surface area contributed by atoms with E-state index in [-0.39, 0.29) is 23.5 Å². The van der Waals surface area contributed by atoms with Gasteiger partial charge in [0.15, 0.2) is 4.34 Å². The molecule has 0 saturated carbocycles. The topological polar surface area (TPSA) is 79.4 Å². The van der Waals surface area contributed by atoms with Gasteiger partial charge >= 0.3 is 6.36 Å². The van der Waals surface area contributed by atoms with Crippen molar-refractivity contribution in [2.75, 3.05) is 31.7 Å². The number of halogens is 3. The molecule has 0 spiro atoms. The first-order valence-corrected chi connectivity index (χ1v) is 11.6. The van der Waals surface area contributed by atoms with Gasteiger partial charge in [-0.05, 0) is 43.9 Å². The molecular weight excluding hydrogens is 475 g/mol. The molecule has 0 radical (unpaired) electrons. The SMILES string of the molecule is CN(C)[C@@H](CNC(=O)CSc1nnc(Nc2ccc(OC(F)(F)F)cc2)s1)c1ccccc1. The van der Waals surface area contributed by atoms with Crippen molar-refractivity contribution < 1.29 is 22.7 Å². The number of hydrogen-bond acceptors (Lipinski definition) is 8. The summed E-state index contributed by atoms with van der Waals surface area (Å²) in [5, 5.41) is 14.4. The molecule has 2 aromatic carbocycles. The Balaban J connectivity index is 1.46. The second kappa shape index (κ2) is 11.3. The van der Waals surface area contributed by atoms with Crippen molar-refractivity contribution in [2.45, 2.75) is 16.7 Å². The van der Waals surface area contributed by atoms with Crippen LogP contribution in [0.2, 0.25) is 0 Å². The molecule has 7 nitrogen and oxygen atoms in total. The minimum Gasteiger partial charge on any atom is -0.406 e. The van der Waals surface area contributed by atoms with Crippen molar-refractivity contribution in [3.8, 4) is 5.75 Å². The Morgan fingerprint density at radius 1 is 1.12 bits per heavy atom. The molecule has 1 heterocycles. The molecule has 3 aromatic rings. The Morgan fingerprint density at radius 3 is 2.45 bits per heavy atom. The molecule has 12 heteroatoms. The fraction of sp³-hybridized carbons (Fsp3) is 0.286. The van der Waals surface area contributed by atoms with E-state index in [1.54, 1.807) is 0 Å². The number of benzene rings is 2. The molecule has 176 valence electrons. The molecule has 1 aromatic heterocycles. The smallest absolute Gasteiger partial charge is 0.406 e.